The first-order valence-corrected chi connectivity index (χ1v) is 6.47. The van der Waals surface area contributed by atoms with E-state index >= 15 is 0 Å². The van der Waals surface area contributed by atoms with Gasteiger partial charge >= 0.3 is 6.01 Å². The molecular formula is C12H23N5O2. The molecule has 108 valence electrons. The second kappa shape index (κ2) is 6.51. The lowest BCUT2D eigenvalue weighted by molar-refractivity contribution is 0.0634. The van der Waals surface area contributed by atoms with E-state index in [2.05, 4.69) is 20.3 Å². The number of nitrogens with two attached hydrogens (primary N) is 1. The second-order valence-electron chi connectivity index (χ2n) is 5.07. The summed E-state index contributed by atoms with van der Waals surface area (Å²) in [6.07, 6.45) is 1.55. The van der Waals surface area contributed by atoms with E-state index in [1.54, 1.807) is 6.92 Å². The molecule has 0 saturated heterocycles. The summed E-state index contributed by atoms with van der Waals surface area (Å²) in [7, 11) is 0. The molecule has 0 aromatic carbocycles. The molecule has 1 aromatic rings. The lowest BCUT2D eigenvalue weighted by atomic mass is 10.0. The van der Waals surface area contributed by atoms with Crippen molar-refractivity contribution in [2.75, 3.05) is 17.6 Å². The van der Waals surface area contributed by atoms with Gasteiger partial charge in [0.25, 0.3) is 0 Å². The SMILES string of the molecule is CCCC(C)(O)CNc1nc(N)nc(OC(C)C)n1. The minimum absolute atomic E-state index is 0.0437. The third-order valence-corrected chi connectivity index (χ3v) is 2.39. The highest BCUT2D eigenvalue weighted by atomic mass is 16.5. The summed E-state index contributed by atoms with van der Waals surface area (Å²) in [6, 6.07) is 0.181. The topological polar surface area (TPSA) is 106 Å². The summed E-state index contributed by atoms with van der Waals surface area (Å²) < 4.78 is 5.37. The van der Waals surface area contributed by atoms with Gasteiger partial charge in [-0.1, -0.05) is 13.3 Å². The van der Waals surface area contributed by atoms with Gasteiger partial charge in [0.15, 0.2) is 0 Å². The van der Waals surface area contributed by atoms with Crippen molar-refractivity contribution in [2.24, 2.45) is 0 Å². The molecule has 0 fully saturated rings. The maximum Gasteiger partial charge on any atom is 0.323 e. The molecule has 1 heterocycles. The summed E-state index contributed by atoms with van der Waals surface area (Å²) in [5.74, 6) is 0.391. The maximum atomic E-state index is 10.1. The van der Waals surface area contributed by atoms with Gasteiger partial charge in [0.1, 0.15) is 0 Å². The molecule has 0 aliphatic carbocycles. The zero-order chi connectivity index (χ0) is 14.5. The van der Waals surface area contributed by atoms with Crippen LogP contribution in [0.5, 0.6) is 6.01 Å². The van der Waals surface area contributed by atoms with Crippen molar-refractivity contribution in [3.8, 4) is 6.01 Å². The Bertz CT molecular complexity index is 409. The minimum atomic E-state index is -0.810. The molecule has 0 spiro atoms. The molecule has 0 aliphatic heterocycles. The van der Waals surface area contributed by atoms with Gasteiger partial charge in [-0.3, -0.25) is 0 Å². The first-order chi connectivity index (χ1) is 8.82. The molecule has 1 aromatic heterocycles. The van der Waals surface area contributed by atoms with Crippen molar-refractivity contribution in [1.82, 2.24) is 15.0 Å². The number of hydrogen-bond acceptors (Lipinski definition) is 7. The predicted molar refractivity (Wildman–Crippen MR) is 74.0 cm³/mol. The molecule has 0 radical (unpaired) electrons. The molecule has 0 aliphatic rings. The molecule has 0 amide bonds. The standard InChI is InChI=1S/C12H23N5O2/c1-5-6-12(4,18)7-14-10-15-9(13)16-11(17-10)19-8(2)3/h8,18H,5-7H2,1-4H3,(H3,13,14,15,16,17). The zero-order valence-electron chi connectivity index (χ0n) is 12.0. The van der Waals surface area contributed by atoms with Crippen molar-refractivity contribution in [3.63, 3.8) is 0 Å². The predicted octanol–water partition coefficient (Wildman–Crippen LogP) is 1.20. The van der Waals surface area contributed by atoms with Crippen LogP contribution < -0.4 is 15.8 Å². The normalized spacial score (nSPS) is 14.2. The summed E-state index contributed by atoms with van der Waals surface area (Å²) in [5, 5.41) is 13.0. The van der Waals surface area contributed by atoms with E-state index in [4.69, 9.17) is 10.5 Å². The number of hydrogen-bond donors (Lipinski definition) is 3. The Morgan fingerprint density at radius 2 is 2.05 bits per heavy atom. The number of aliphatic hydroxyl groups is 1. The number of nitrogens with zero attached hydrogens (tertiary/aromatic N) is 3. The van der Waals surface area contributed by atoms with Gasteiger partial charge < -0.3 is 20.9 Å². The van der Waals surface area contributed by atoms with E-state index in [1.807, 2.05) is 20.8 Å². The van der Waals surface area contributed by atoms with E-state index in [9.17, 15) is 5.11 Å². The Balaban J connectivity index is 2.70. The van der Waals surface area contributed by atoms with Gasteiger partial charge in [-0.25, -0.2) is 0 Å². The summed E-state index contributed by atoms with van der Waals surface area (Å²) in [5.41, 5.74) is 4.78. The Hall–Kier alpha value is -1.63. The van der Waals surface area contributed by atoms with Crippen LogP contribution in [0.3, 0.4) is 0 Å². The monoisotopic (exact) mass is 269 g/mol. The first kappa shape index (κ1) is 15.4. The van der Waals surface area contributed by atoms with Crippen LogP contribution in [0.15, 0.2) is 0 Å². The van der Waals surface area contributed by atoms with Gasteiger partial charge in [0, 0.05) is 6.54 Å². The van der Waals surface area contributed by atoms with E-state index in [0.29, 0.717) is 18.9 Å². The molecule has 0 bridgehead atoms. The highest BCUT2D eigenvalue weighted by Crippen LogP contribution is 2.14. The average Bonchev–Trinajstić information content (AvgIpc) is 2.24. The third kappa shape index (κ3) is 5.69. The van der Waals surface area contributed by atoms with E-state index in [-0.39, 0.29) is 18.1 Å². The van der Waals surface area contributed by atoms with Crippen molar-refractivity contribution in [2.45, 2.75) is 52.2 Å². The number of ether oxygens (including phenoxy) is 1. The van der Waals surface area contributed by atoms with Crippen LogP contribution in [0.25, 0.3) is 0 Å². The average molecular weight is 269 g/mol. The Morgan fingerprint density at radius 1 is 1.37 bits per heavy atom. The molecule has 19 heavy (non-hydrogen) atoms. The minimum Gasteiger partial charge on any atom is -0.461 e. The first-order valence-electron chi connectivity index (χ1n) is 6.47. The summed E-state index contributed by atoms with van der Waals surface area (Å²) in [4.78, 5) is 11.9. The van der Waals surface area contributed by atoms with Crippen molar-refractivity contribution >= 4 is 11.9 Å². The Labute approximate surface area is 113 Å². The number of anilines is 2. The number of aromatic nitrogens is 3. The summed E-state index contributed by atoms with van der Waals surface area (Å²) in [6.45, 7) is 7.87. The van der Waals surface area contributed by atoms with Gasteiger partial charge in [0.05, 0.1) is 11.7 Å². The second-order valence-corrected chi connectivity index (χ2v) is 5.07. The number of nitrogens with one attached hydrogen (secondary N) is 1. The van der Waals surface area contributed by atoms with E-state index in [1.165, 1.54) is 0 Å². The molecule has 1 rings (SSSR count). The van der Waals surface area contributed by atoms with Crippen LogP contribution in [-0.2, 0) is 0 Å². The van der Waals surface area contributed by atoms with Crippen LogP contribution in [0.2, 0.25) is 0 Å². The fourth-order valence-electron chi connectivity index (χ4n) is 1.61. The van der Waals surface area contributed by atoms with Crippen LogP contribution in [-0.4, -0.2) is 38.3 Å². The van der Waals surface area contributed by atoms with Gasteiger partial charge in [-0.2, -0.15) is 15.0 Å². The zero-order valence-corrected chi connectivity index (χ0v) is 12.0. The van der Waals surface area contributed by atoms with Crippen molar-refractivity contribution in [1.29, 1.82) is 0 Å². The lowest BCUT2D eigenvalue weighted by Gasteiger charge is -2.22. The molecule has 7 nitrogen and oxygen atoms in total. The smallest absolute Gasteiger partial charge is 0.323 e. The highest BCUT2D eigenvalue weighted by molar-refractivity contribution is 5.32. The van der Waals surface area contributed by atoms with Crippen molar-refractivity contribution < 1.29 is 9.84 Å². The van der Waals surface area contributed by atoms with Crippen LogP contribution in [0, 0.1) is 0 Å². The van der Waals surface area contributed by atoms with E-state index in [0.717, 1.165) is 6.42 Å². The molecule has 0 saturated carbocycles. The molecule has 1 unspecified atom stereocenters. The Morgan fingerprint density at radius 3 is 2.63 bits per heavy atom. The molecule has 1 atom stereocenters. The lowest BCUT2D eigenvalue weighted by Crippen LogP contribution is -2.33. The van der Waals surface area contributed by atoms with Gasteiger partial charge in [0.2, 0.25) is 11.9 Å². The van der Waals surface area contributed by atoms with Crippen LogP contribution >= 0.6 is 0 Å². The number of rotatable bonds is 7. The molecule has 7 heteroatoms. The quantitative estimate of drug-likeness (QED) is 0.683. The highest BCUT2D eigenvalue weighted by Gasteiger charge is 2.19. The fourth-order valence-corrected chi connectivity index (χ4v) is 1.61. The molecule has 4 N–H and O–H groups in total. The van der Waals surface area contributed by atoms with E-state index < -0.39 is 5.60 Å². The van der Waals surface area contributed by atoms with Crippen LogP contribution in [0.4, 0.5) is 11.9 Å². The largest absolute Gasteiger partial charge is 0.461 e. The number of nitrogen functional groups attached to an aromatic ring is 1. The maximum absolute atomic E-state index is 10.1. The van der Waals surface area contributed by atoms with Gasteiger partial charge in [-0.05, 0) is 27.2 Å². The van der Waals surface area contributed by atoms with Gasteiger partial charge in [-0.15, -0.1) is 0 Å². The van der Waals surface area contributed by atoms with Crippen LogP contribution in [0.1, 0.15) is 40.5 Å². The Kier molecular flexibility index (Phi) is 5.29. The molecular weight excluding hydrogens is 246 g/mol. The fraction of sp³-hybridized carbons (Fsp3) is 0.750. The summed E-state index contributed by atoms with van der Waals surface area (Å²) >= 11 is 0. The third-order valence-electron chi connectivity index (χ3n) is 2.39. The van der Waals surface area contributed by atoms with Crippen molar-refractivity contribution in [3.05, 3.63) is 0 Å².